The smallest absolute Gasteiger partial charge is 0.251 e. The molecule has 1 spiro atoms. The van der Waals surface area contributed by atoms with Gasteiger partial charge in [0.25, 0.3) is 5.91 Å². The highest BCUT2D eigenvalue weighted by Gasteiger charge is 2.73. The normalized spacial score (nSPS) is 33.0. The third-order valence-electron chi connectivity index (χ3n) is 11.6. The number of nitrogens with one attached hydrogen (secondary N) is 2. The predicted molar refractivity (Wildman–Crippen MR) is 165 cm³/mol. The number of amides is 2. The zero-order valence-corrected chi connectivity index (χ0v) is 26.2. The second-order valence-electron chi connectivity index (χ2n) is 14.2. The van der Waals surface area contributed by atoms with E-state index in [1.54, 1.807) is 24.3 Å². The highest BCUT2D eigenvalue weighted by molar-refractivity contribution is 5.96. The van der Waals surface area contributed by atoms with Crippen molar-refractivity contribution >= 4 is 11.8 Å². The molecular formula is C35H41N3O9. The number of benzene rings is 2. The molecule has 4 heterocycles. The Kier molecular flexibility index (Phi) is 7.08. The summed E-state index contributed by atoms with van der Waals surface area (Å²) in [5.74, 6) is 0.455. The molecule has 5 fully saturated rings. The largest absolute Gasteiger partial charge is 0.504 e. The van der Waals surface area contributed by atoms with Gasteiger partial charge in [0.1, 0.15) is 6.10 Å². The molecule has 47 heavy (non-hydrogen) atoms. The number of phenols is 1. The van der Waals surface area contributed by atoms with E-state index in [0.717, 1.165) is 36.2 Å². The summed E-state index contributed by atoms with van der Waals surface area (Å²) in [6.45, 7) is 3.46. The molecule has 5 atom stereocenters. The number of hydrogen-bond donors (Lipinski definition) is 4. The van der Waals surface area contributed by atoms with Crippen LogP contribution >= 0.6 is 0 Å². The molecule has 3 aliphatic carbocycles. The fourth-order valence-corrected chi connectivity index (χ4v) is 9.36. The van der Waals surface area contributed by atoms with Crippen molar-refractivity contribution < 1.29 is 43.5 Å². The highest BCUT2D eigenvalue weighted by Crippen LogP contribution is 2.65. The quantitative estimate of drug-likeness (QED) is 0.335. The second kappa shape index (κ2) is 11.1. The van der Waals surface area contributed by atoms with Crippen molar-refractivity contribution in [2.24, 2.45) is 5.92 Å². The lowest BCUT2D eigenvalue weighted by Crippen LogP contribution is -2.78. The van der Waals surface area contributed by atoms with Crippen LogP contribution in [0.1, 0.15) is 77.3 Å². The van der Waals surface area contributed by atoms with Crippen LogP contribution in [0.3, 0.4) is 0 Å². The molecular weight excluding hydrogens is 606 g/mol. The standard InChI is InChI=1S/C35H41N3O9/c39-25-6-4-20-16-26-35(42)8-7-24(30-34(35,28(20)29(25)47-30)9-10-38(26)18-19-1-2-19)37-27(40)17-36-31(41)21-3-5-22(32-43-11-12-44-32)23(15-21)33-45-13-14-46-33/h3-6,15,19,24,26,30,32-33,39,42H,1-2,7-14,16-18H2,(H,36,41)(H,37,40)/t24-,26-,30+,34+,35-/m1/s1. The zero-order chi connectivity index (χ0) is 31.9. The number of rotatable bonds is 8. The maximum absolute atomic E-state index is 13.4. The number of ether oxygens (including phenoxy) is 5. The van der Waals surface area contributed by atoms with Crippen molar-refractivity contribution in [3.05, 3.63) is 58.1 Å². The van der Waals surface area contributed by atoms with E-state index in [1.165, 1.54) is 12.8 Å². The van der Waals surface area contributed by atoms with Crippen LogP contribution in [0.15, 0.2) is 30.3 Å². The zero-order valence-electron chi connectivity index (χ0n) is 26.2. The maximum Gasteiger partial charge on any atom is 0.251 e. The van der Waals surface area contributed by atoms with Crippen molar-refractivity contribution in [3.8, 4) is 11.5 Å². The number of carbonyl (C=O) groups excluding carboxylic acids is 2. The van der Waals surface area contributed by atoms with Crippen LogP contribution in [0.4, 0.5) is 0 Å². The molecule has 2 bridgehead atoms. The van der Waals surface area contributed by atoms with Gasteiger partial charge in [-0.05, 0) is 74.8 Å². The first-order chi connectivity index (χ1) is 22.9. The van der Waals surface area contributed by atoms with Gasteiger partial charge in [-0.2, -0.15) is 0 Å². The molecule has 3 saturated heterocycles. The predicted octanol–water partition coefficient (Wildman–Crippen LogP) is 1.96. The number of hydrogen-bond acceptors (Lipinski definition) is 10. The number of carbonyl (C=O) groups is 2. The minimum Gasteiger partial charge on any atom is -0.504 e. The lowest BCUT2D eigenvalue weighted by Gasteiger charge is -2.64. The summed E-state index contributed by atoms with van der Waals surface area (Å²) < 4.78 is 29.4. The Morgan fingerprint density at radius 3 is 2.43 bits per heavy atom. The van der Waals surface area contributed by atoms with Gasteiger partial charge < -0.3 is 44.5 Å². The van der Waals surface area contributed by atoms with E-state index in [-0.39, 0.29) is 24.2 Å². The molecule has 2 aromatic rings. The minimum absolute atomic E-state index is 0.0370. The summed E-state index contributed by atoms with van der Waals surface area (Å²) in [7, 11) is 0. The molecule has 4 N–H and O–H groups in total. The summed E-state index contributed by atoms with van der Waals surface area (Å²) >= 11 is 0. The molecule has 12 nitrogen and oxygen atoms in total. The van der Waals surface area contributed by atoms with Crippen molar-refractivity contribution in [2.45, 2.75) is 80.3 Å². The van der Waals surface area contributed by atoms with Gasteiger partial charge in [-0.3, -0.25) is 14.5 Å². The Bertz CT molecular complexity index is 1600. The first-order valence-corrected chi connectivity index (χ1v) is 17.0. The van der Waals surface area contributed by atoms with Crippen LogP contribution in [0.5, 0.6) is 11.5 Å². The average Bonchev–Trinajstić information content (AvgIpc) is 3.44. The van der Waals surface area contributed by atoms with E-state index in [2.05, 4.69) is 15.5 Å². The number of piperidine rings is 1. The molecule has 0 unspecified atom stereocenters. The fourth-order valence-electron chi connectivity index (χ4n) is 9.36. The van der Waals surface area contributed by atoms with Crippen LogP contribution in [-0.4, -0.2) is 96.8 Å². The molecule has 0 radical (unpaired) electrons. The van der Waals surface area contributed by atoms with Crippen molar-refractivity contribution in [1.82, 2.24) is 15.5 Å². The Hall–Kier alpha value is -3.26. The Balaban J connectivity index is 0.921. The molecule has 250 valence electrons. The summed E-state index contributed by atoms with van der Waals surface area (Å²) in [5, 5.41) is 29.4. The van der Waals surface area contributed by atoms with E-state index in [1.807, 2.05) is 6.07 Å². The van der Waals surface area contributed by atoms with Crippen molar-refractivity contribution in [2.75, 3.05) is 46.1 Å². The molecule has 12 heteroatoms. The van der Waals surface area contributed by atoms with Crippen LogP contribution in [0, 0.1) is 5.92 Å². The first-order valence-electron chi connectivity index (χ1n) is 17.0. The number of aromatic hydroxyl groups is 1. The van der Waals surface area contributed by atoms with Gasteiger partial charge in [0.05, 0.1) is 50.0 Å². The van der Waals surface area contributed by atoms with Crippen molar-refractivity contribution in [1.29, 1.82) is 0 Å². The molecule has 2 amide bonds. The molecule has 4 aliphatic heterocycles. The minimum atomic E-state index is -1.03. The number of nitrogens with zero attached hydrogens (tertiary/aromatic N) is 1. The first kappa shape index (κ1) is 29.8. The highest BCUT2D eigenvalue weighted by atomic mass is 16.7. The summed E-state index contributed by atoms with van der Waals surface area (Å²) in [4.78, 5) is 29.2. The molecule has 0 aromatic heterocycles. The molecule has 2 saturated carbocycles. The third kappa shape index (κ3) is 4.63. The van der Waals surface area contributed by atoms with E-state index in [0.29, 0.717) is 68.5 Å². The summed E-state index contributed by atoms with van der Waals surface area (Å²) in [5.41, 5.74) is 2.04. The second-order valence-corrected chi connectivity index (χ2v) is 14.2. The fraction of sp³-hybridized carbons (Fsp3) is 0.600. The topological polar surface area (TPSA) is 148 Å². The maximum atomic E-state index is 13.4. The van der Waals surface area contributed by atoms with Gasteiger partial charge in [-0.1, -0.05) is 12.1 Å². The number of aliphatic hydroxyl groups is 1. The Morgan fingerprint density at radius 2 is 1.68 bits per heavy atom. The third-order valence-corrected chi connectivity index (χ3v) is 11.6. The van der Waals surface area contributed by atoms with Crippen LogP contribution in [0.2, 0.25) is 0 Å². The van der Waals surface area contributed by atoms with Gasteiger partial charge in [-0.25, -0.2) is 0 Å². The Labute approximate surface area is 272 Å². The number of likely N-dealkylation sites (tertiary alicyclic amines) is 1. The van der Waals surface area contributed by atoms with E-state index >= 15 is 0 Å². The summed E-state index contributed by atoms with van der Waals surface area (Å²) in [6, 6.07) is 8.38. The van der Waals surface area contributed by atoms with Crippen molar-refractivity contribution in [3.63, 3.8) is 0 Å². The average molecular weight is 648 g/mol. The van der Waals surface area contributed by atoms with E-state index in [4.69, 9.17) is 23.7 Å². The lowest BCUT2D eigenvalue weighted by molar-refractivity contribution is -0.192. The van der Waals surface area contributed by atoms with E-state index in [9.17, 15) is 19.8 Å². The molecule has 9 rings (SSSR count). The van der Waals surface area contributed by atoms with Crippen LogP contribution in [-0.2, 0) is 35.6 Å². The van der Waals surface area contributed by atoms with Gasteiger partial charge >= 0.3 is 0 Å². The Morgan fingerprint density at radius 1 is 0.936 bits per heavy atom. The molecule has 2 aromatic carbocycles. The van der Waals surface area contributed by atoms with E-state index < -0.39 is 41.6 Å². The summed E-state index contributed by atoms with van der Waals surface area (Å²) in [6.07, 6.45) is 3.22. The van der Waals surface area contributed by atoms with Gasteiger partial charge in [0.2, 0.25) is 5.91 Å². The van der Waals surface area contributed by atoms with Crippen LogP contribution < -0.4 is 15.4 Å². The van der Waals surface area contributed by atoms with Crippen LogP contribution in [0.25, 0.3) is 0 Å². The van der Waals surface area contributed by atoms with Gasteiger partial charge in [0, 0.05) is 34.8 Å². The van der Waals surface area contributed by atoms with Gasteiger partial charge in [-0.15, -0.1) is 0 Å². The van der Waals surface area contributed by atoms with Gasteiger partial charge in [0.15, 0.2) is 24.1 Å². The lowest BCUT2D eigenvalue weighted by atomic mass is 9.48. The number of phenolic OH excluding ortho intramolecular Hbond substituents is 1. The molecule has 7 aliphatic rings. The monoisotopic (exact) mass is 647 g/mol. The SMILES string of the molecule is O=C(CNC(=O)c1ccc(C2OCCO2)c(C2OCCO2)c1)N[C@@H]1CC[C@@]2(O)[C@H]3Cc4ccc(O)c5c4[C@@]2(CCN3CC2CC2)[C@H]1O5.